The standard InChI is InChI=1S/C24H38N4O6S/c1-17-11-21(33-5)12-18(2)23(17)35(31,32)26(3)9-10-34-16-22(29)27(4)20-7-6-8-28(15-20)24(30)19-13-25-14-19/h11-12,19-20,25H,6-10,13-16H2,1-5H3. The molecule has 10 nitrogen and oxygen atoms in total. The Labute approximate surface area is 208 Å². The van der Waals surface area contributed by atoms with Gasteiger partial charge in [0.25, 0.3) is 0 Å². The van der Waals surface area contributed by atoms with E-state index < -0.39 is 10.0 Å². The number of nitrogens with one attached hydrogen (secondary N) is 1. The number of rotatable bonds is 10. The maximum absolute atomic E-state index is 13.1. The SMILES string of the molecule is COc1cc(C)c(S(=O)(=O)N(C)CCOCC(=O)N(C)C2CCCN(C(=O)C3CNC3)C2)c(C)c1. The zero-order valence-corrected chi connectivity index (χ0v) is 22.2. The zero-order chi connectivity index (χ0) is 25.8. The lowest BCUT2D eigenvalue weighted by Crippen LogP contribution is -2.57. The van der Waals surface area contributed by atoms with Crippen molar-refractivity contribution in [3.8, 4) is 5.75 Å². The Bertz CT molecular complexity index is 1000. The second-order valence-electron chi connectivity index (χ2n) is 9.41. The van der Waals surface area contributed by atoms with Gasteiger partial charge in [0.15, 0.2) is 0 Å². The summed E-state index contributed by atoms with van der Waals surface area (Å²) in [6, 6.07) is 3.35. The van der Waals surface area contributed by atoms with E-state index in [1.54, 1.807) is 45.0 Å². The van der Waals surface area contributed by atoms with Gasteiger partial charge in [0.1, 0.15) is 12.4 Å². The van der Waals surface area contributed by atoms with Crippen LogP contribution in [-0.2, 0) is 24.3 Å². The molecule has 2 aliphatic rings. The number of hydrogen-bond acceptors (Lipinski definition) is 7. The molecule has 3 rings (SSSR count). The molecule has 1 aromatic carbocycles. The largest absolute Gasteiger partial charge is 0.497 e. The molecule has 0 radical (unpaired) electrons. The lowest BCUT2D eigenvalue weighted by Gasteiger charge is -2.40. The van der Waals surface area contributed by atoms with E-state index in [9.17, 15) is 18.0 Å². The van der Waals surface area contributed by atoms with Gasteiger partial charge >= 0.3 is 0 Å². The second-order valence-corrected chi connectivity index (χ2v) is 11.4. The number of ether oxygens (including phenoxy) is 2. The number of sulfonamides is 1. The number of likely N-dealkylation sites (tertiary alicyclic amines) is 1. The Balaban J connectivity index is 1.47. The average Bonchev–Trinajstić information content (AvgIpc) is 2.79. The average molecular weight is 511 g/mol. The molecule has 0 spiro atoms. The molecule has 1 atom stereocenters. The first-order valence-electron chi connectivity index (χ1n) is 12.0. The lowest BCUT2D eigenvalue weighted by atomic mass is 9.98. The summed E-state index contributed by atoms with van der Waals surface area (Å²) in [4.78, 5) is 29.0. The minimum Gasteiger partial charge on any atom is -0.497 e. The third-order valence-corrected chi connectivity index (χ3v) is 9.06. The predicted molar refractivity (Wildman–Crippen MR) is 132 cm³/mol. The van der Waals surface area contributed by atoms with Crippen LogP contribution in [0.4, 0.5) is 0 Å². The van der Waals surface area contributed by atoms with Crippen LogP contribution in [0, 0.1) is 19.8 Å². The maximum Gasteiger partial charge on any atom is 0.248 e. The van der Waals surface area contributed by atoms with Crippen LogP contribution in [0.3, 0.4) is 0 Å². The second kappa shape index (κ2) is 11.7. The topological polar surface area (TPSA) is 108 Å². The molecule has 196 valence electrons. The number of likely N-dealkylation sites (N-methyl/N-ethyl adjacent to an activating group) is 2. The molecule has 0 bridgehead atoms. The highest BCUT2D eigenvalue weighted by Crippen LogP contribution is 2.27. The van der Waals surface area contributed by atoms with Crippen molar-refractivity contribution in [2.24, 2.45) is 5.92 Å². The van der Waals surface area contributed by atoms with Crippen LogP contribution in [0.1, 0.15) is 24.0 Å². The number of amides is 2. The van der Waals surface area contributed by atoms with E-state index in [-0.39, 0.29) is 48.4 Å². The Morgan fingerprint density at radius 1 is 1.17 bits per heavy atom. The fourth-order valence-corrected chi connectivity index (χ4v) is 6.12. The Morgan fingerprint density at radius 3 is 2.40 bits per heavy atom. The fourth-order valence-electron chi connectivity index (χ4n) is 4.56. The predicted octanol–water partition coefficient (Wildman–Crippen LogP) is 0.618. The van der Waals surface area contributed by atoms with Crippen LogP contribution in [-0.4, -0.2) is 108 Å². The molecule has 2 aliphatic heterocycles. The van der Waals surface area contributed by atoms with Gasteiger partial charge in [-0.05, 0) is 49.9 Å². The van der Waals surface area contributed by atoms with Crippen molar-refractivity contribution in [2.75, 3.05) is 67.1 Å². The molecule has 1 unspecified atom stereocenters. The first-order valence-corrected chi connectivity index (χ1v) is 13.4. The summed E-state index contributed by atoms with van der Waals surface area (Å²) in [6.45, 7) is 6.28. The van der Waals surface area contributed by atoms with E-state index in [2.05, 4.69) is 5.32 Å². The van der Waals surface area contributed by atoms with E-state index in [0.717, 1.165) is 32.5 Å². The number of benzene rings is 1. The van der Waals surface area contributed by atoms with E-state index in [0.29, 0.717) is 23.4 Å². The summed E-state index contributed by atoms with van der Waals surface area (Å²) in [5.41, 5.74) is 1.22. The summed E-state index contributed by atoms with van der Waals surface area (Å²) in [5, 5.41) is 3.12. The van der Waals surface area contributed by atoms with Crippen molar-refractivity contribution in [3.05, 3.63) is 23.3 Å². The monoisotopic (exact) mass is 510 g/mol. The number of carbonyl (C=O) groups excluding carboxylic acids is 2. The third kappa shape index (κ3) is 6.32. The molecular weight excluding hydrogens is 472 g/mol. The summed E-state index contributed by atoms with van der Waals surface area (Å²) >= 11 is 0. The summed E-state index contributed by atoms with van der Waals surface area (Å²) in [7, 11) is 1.06. The van der Waals surface area contributed by atoms with Gasteiger partial charge in [-0.1, -0.05) is 0 Å². The number of methoxy groups -OCH3 is 1. The van der Waals surface area contributed by atoms with Gasteiger partial charge in [-0.25, -0.2) is 8.42 Å². The van der Waals surface area contributed by atoms with Gasteiger partial charge in [0.2, 0.25) is 21.8 Å². The minimum atomic E-state index is -3.72. The van der Waals surface area contributed by atoms with Crippen LogP contribution in [0.15, 0.2) is 17.0 Å². The number of carbonyl (C=O) groups is 2. The van der Waals surface area contributed by atoms with Gasteiger partial charge in [-0.3, -0.25) is 9.59 Å². The first-order chi connectivity index (χ1) is 16.6. The smallest absolute Gasteiger partial charge is 0.248 e. The quantitative estimate of drug-likeness (QED) is 0.460. The number of hydrogen-bond donors (Lipinski definition) is 1. The van der Waals surface area contributed by atoms with E-state index in [1.165, 1.54) is 11.4 Å². The zero-order valence-electron chi connectivity index (χ0n) is 21.4. The highest BCUT2D eigenvalue weighted by molar-refractivity contribution is 7.89. The molecule has 2 heterocycles. The van der Waals surface area contributed by atoms with Gasteiger partial charge in [-0.15, -0.1) is 0 Å². The van der Waals surface area contributed by atoms with E-state index >= 15 is 0 Å². The van der Waals surface area contributed by atoms with Crippen molar-refractivity contribution < 1.29 is 27.5 Å². The fraction of sp³-hybridized carbons (Fsp3) is 0.667. The van der Waals surface area contributed by atoms with Crippen LogP contribution in [0.5, 0.6) is 5.75 Å². The van der Waals surface area contributed by atoms with Crippen molar-refractivity contribution in [1.29, 1.82) is 0 Å². The molecule has 2 fully saturated rings. The normalized spacial score (nSPS) is 18.9. The Hall–Kier alpha value is -2.21. The molecule has 0 aromatic heterocycles. The Kier molecular flexibility index (Phi) is 9.14. The van der Waals surface area contributed by atoms with E-state index in [1.807, 2.05) is 4.90 Å². The van der Waals surface area contributed by atoms with E-state index in [4.69, 9.17) is 9.47 Å². The molecule has 2 amide bonds. The van der Waals surface area contributed by atoms with Gasteiger partial charge in [-0.2, -0.15) is 4.31 Å². The molecule has 1 aromatic rings. The van der Waals surface area contributed by atoms with Crippen LogP contribution in [0.2, 0.25) is 0 Å². The molecule has 1 N–H and O–H groups in total. The van der Waals surface area contributed by atoms with Crippen molar-refractivity contribution >= 4 is 21.8 Å². The maximum atomic E-state index is 13.1. The minimum absolute atomic E-state index is 0.0408. The van der Waals surface area contributed by atoms with Crippen molar-refractivity contribution in [2.45, 2.75) is 37.6 Å². The Morgan fingerprint density at radius 2 is 1.83 bits per heavy atom. The molecule has 0 saturated carbocycles. The number of nitrogens with zero attached hydrogens (tertiary/aromatic N) is 3. The summed E-state index contributed by atoms with van der Waals surface area (Å²) in [5.74, 6) is 0.647. The van der Waals surface area contributed by atoms with Crippen LogP contribution < -0.4 is 10.1 Å². The highest BCUT2D eigenvalue weighted by Gasteiger charge is 2.34. The third-order valence-electron chi connectivity index (χ3n) is 6.89. The van der Waals surface area contributed by atoms with Crippen molar-refractivity contribution in [3.63, 3.8) is 0 Å². The summed E-state index contributed by atoms with van der Waals surface area (Å²) in [6.07, 6.45) is 1.71. The van der Waals surface area contributed by atoms with Crippen molar-refractivity contribution in [1.82, 2.24) is 19.4 Å². The molecule has 0 aliphatic carbocycles. The first kappa shape index (κ1) is 27.4. The summed E-state index contributed by atoms with van der Waals surface area (Å²) < 4.78 is 38.2. The lowest BCUT2D eigenvalue weighted by molar-refractivity contribution is -0.144. The number of piperidine rings is 1. The number of aryl methyl sites for hydroxylation is 2. The highest BCUT2D eigenvalue weighted by atomic mass is 32.2. The molecule has 11 heteroatoms. The molecular formula is C24H38N4O6S. The van der Waals surface area contributed by atoms with Crippen LogP contribution in [0.25, 0.3) is 0 Å². The molecule has 35 heavy (non-hydrogen) atoms. The van der Waals surface area contributed by atoms with Gasteiger partial charge in [0.05, 0.1) is 24.5 Å². The molecule has 2 saturated heterocycles. The van der Waals surface area contributed by atoms with Gasteiger partial charge in [0, 0.05) is 52.9 Å². The van der Waals surface area contributed by atoms with Crippen LogP contribution >= 0.6 is 0 Å². The van der Waals surface area contributed by atoms with Gasteiger partial charge < -0.3 is 24.6 Å².